The second-order valence-electron chi connectivity index (χ2n) is 5.86. The van der Waals surface area contributed by atoms with Crippen molar-refractivity contribution in [2.24, 2.45) is 7.05 Å². The molecule has 0 radical (unpaired) electrons. The van der Waals surface area contributed by atoms with Gasteiger partial charge in [0.25, 0.3) is 0 Å². The summed E-state index contributed by atoms with van der Waals surface area (Å²) in [6, 6.07) is 0.995. The van der Waals surface area contributed by atoms with Gasteiger partial charge >= 0.3 is 0 Å². The Hall–Kier alpha value is -1.05. The molecule has 7 nitrogen and oxygen atoms in total. The second-order valence-corrected chi connectivity index (χ2v) is 5.86. The van der Waals surface area contributed by atoms with Crippen LogP contribution in [0.15, 0.2) is 0 Å². The molecule has 2 atom stereocenters. The predicted molar refractivity (Wildman–Crippen MR) is 76.4 cm³/mol. The average Bonchev–Trinajstić information content (AvgIpc) is 2.90. The molecular weight excluding hydrogens is 254 g/mol. The van der Waals surface area contributed by atoms with Crippen molar-refractivity contribution in [3.63, 3.8) is 0 Å². The lowest BCUT2D eigenvalue weighted by molar-refractivity contribution is -0.00338. The highest BCUT2D eigenvalue weighted by Crippen LogP contribution is 2.19. The fraction of sp³-hybridized carbons (Fsp3) is 0.923. The third kappa shape index (κ3) is 2.99. The highest BCUT2D eigenvalue weighted by atomic mass is 15.6. The van der Waals surface area contributed by atoms with E-state index >= 15 is 0 Å². The number of rotatable bonds is 6. The summed E-state index contributed by atoms with van der Waals surface area (Å²) < 4.78 is 0. The van der Waals surface area contributed by atoms with Crippen molar-refractivity contribution in [1.29, 1.82) is 0 Å². The molecule has 1 aromatic rings. The Labute approximate surface area is 120 Å². The van der Waals surface area contributed by atoms with Gasteiger partial charge in [0.05, 0.1) is 7.05 Å². The van der Waals surface area contributed by atoms with Crippen molar-refractivity contribution < 1.29 is 0 Å². The quantitative estimate of drug-likeness (QED) is 0.730. The molecule has 112 valence electrons. The van der Waals surface area contributed by atoms with Crippen LogP contribution in [0.3, 0.4) is 0 Å². The van der Waals surface area contributed by atoms with Crippen LogP contribution in [0, 0.1) is 0 Å². The summed E-state index contributed by atoms with van der Waals surface area (Å²) in [6.45, 7) is 9.27. The zero-order chi connectivity index (χ0) is 13.9. The molecule has 3 saturated heterocycles. The topological polar surface area (TPSA) is 62.1 Å². The first kappa shape index (κ1) is 13.9. The molecule has 0 aliphatic carbocycles. The minimum absolute atomic E-state index is 0.419. The van der Waals surface area contributed by atoms with E-state index in [0.717, 1.165) is 25.2 Å². The highest BCUT2D eigenvalue weighted by molar-refractivity contribution is 4.98. The molecule has 3 aliphatic rings. The molecule has 2 bridgehead atoms. The number of nitrogens with zero attached hydrogens (tertiary/aromatic N) is 6. The average molecular weight is 279 g/mol. The van der Waals surface area contributed by atoms with Gasteiger partial charge in [0.1, 0.15) is 0 Å². The van der Waals surface area contributed by atoms with E-state index in [1.807, 2.05) is 7.05 Å². The van der Waals surface area contributed by atoms with Gasteiger partial charge in [-0.05, 0) is 18.2 Å². The summed E-state index contributed by atoms with van der Waals surface area (Å²) in [6.07, 6.45) is 2.02. The van der Waals surface area contributed by atoms with Gasteiger partial charge < -0.3 is 5.32 Å². The largest absolute Gasteiger partial charge is 0.312 e. The minimum Gasteiger partial charge on any atom is -0.312 e. The maximum Gasteiger partial charge on any atom is 0.176 e. The third-order valence-corrected chi connectivity index (χ3v) is 4.39. The van der Waals surface area contributed by atoms with Gasteiger partial charge in [-0.15, -0.1) is 10.2 Å². The van der Waals surface area contributed by atoms with Crippen LogP contribution in [0.25, 0.3) is 0 Å². The van der Waals surface area contributed by atoms with Gasteiger partial charge in [-0.1, -0.05) is 6.92 Å². The van der Waals surface area contributed by atoms with E-state index < -0.39 is 0 Å². The third-order valence-electron chi connectivity index (χ3n) is 4.39. The summed E-state index contributed by atoms with van der Waals surface area (Å²) in [5.74, 6) is 0.846. The Morgan fingerprint density at radius 1 is 1.30 bits per heavy atom. The molecule has 2 unspecified atom stereocenters. The Kier molecular flexibility index (Phi) is 4.28. The molecule has 0 amide bonds. The SMILES string of the molecule is CCCNC(Cc1nnn(C)n1)C1CN2CCN1CC2. The summed E-state index contributed by atoms with van der Waals surface area (Å²) in [5, 5.41) is 16.1. The van der Waals surface area contributed by atoms with Crippen molar-refractivity contribution in [1.82, 2.24) is 35.3 Å². The Balaban J connectivity index is 1.68. The van der Waals surface area contributed by atoms with Gasteiger partial charge in [-0.3, -0.25) is 9.80 Å². The lowest BCUT2D eigenvalue weighted by Gasteiger charge is -2.50. The molecule has 3 fully saturated rings. The maximum absolute atomic E-state index is 4.34. The smallest absolute Gasteiger partial charge is 0.176 e. The van der Waals surface area contributed by atoms with Crippen LogP contribution in [0.5, 0.6) is 0 Å². The number of aromatic nitrogens is 4. The van der Waals surface area contributed by atoms with Crippen LogP contribution in [0.4, 0.5) is 0 Å². The van der Waals surface area contributed by atoms with Crippen molar-refractivity contribution in [3.05, 3.63) is 5.82 Å². The van der Waals surface area contributed by atoms with Crippen LogP contribution in [-0.4, -0.2) is 81.4 Å². The van der Waals surface area contributed by atoms with Gasteiger partial charge in [0.15, 0.2) is 5.82 Å². The Morgan fingerprint density at radius 2 is 2.10 bits per heavy atom. The molecular formula is C13H25N7. The standard InChI is InChI=1S/C13H25N7/c1-3-4-14-11(9-13-15-17-18(2)16-13)12-10-19-5-7-20(12)8-6-19/h11-12,14H,3-10H2,1-2H3. The van der Waals surface area contributed by atoms with E-state index in [0.29, 0.717) is 12.1 Å². The number of hydrogen-bond acceptors (Lipinski definition) is 6. The first-order chi connectivity index (χ1) is 9.76. The van der Waals surface area contributed by atoms with E-state index in [-0.39, 0.29) is 0 Å². The number of fused-ring (bicyclic) bond motifs is 3. The Morgan fingerprint density at radius 3 is 2.65 bits per heavy atom. The van der Waals surface area contributed by atoms with Gasteiger partial charge in [0.2, 0.25) is 0 Å². The summed E-state index contributed by atoms with van der Waals surface area (Å²) in [7, 11) is 1.82. The number of tetrazole rings is 1. The summed E-state index contributed by atoms with van der Waals surface area (Å²) >= 11 is 0. The zero-order valence-electron chi connectivity index (χ0n) is 12.5. The fourth-order valence-electron chi connectivity index (χ4n) is 3.32. The zero-order valence-corrected chi connectivity index (χ0v) is 12.5. The first-order valence-corrected chi connectivity index (χ1v) is 7.69. The molecule has 0 saturated carbocycles. The predicted octanol–water partition coefficient (Wildman–Crippen LogP) is -0.879. The maximum atomic E-state index is 4.34. The summed E-state index contributed by atoms with van der Waals surface area (Å²) in [4.78, 5) is 6.75. The molecule has 4 heterocycles. The van der Waals surface area contributed by atoms with Gasteiger partial charge in [-0.25, -0.2) is 0 Å². The van der Waals surface area contributed by atoms with Crippen LogP contribution in [0.1, 0.15) is 19.2 Å². The van der Waals surface area contributed by atoms with Gasteiger partial charge in [-0.2, -0.15) is 4.80 Å². The van der Waals surface area contributed by atoms with Crippen LogP contribution in [-0.2, 0) is 13.5 Å². The molecule has 4 rings (SSSR count). The molecule has 1 N–H and O–H groups in total. The molecule has 0 spiro atoms. The number of hydrogen-bond donors (Lipinski definition) is 1. The fourth-order valence-corrected chi connectivity index (χ4v) is 3.32. The van der Waals surface area contributed by atoms with E-state index in [1.54, 1.807) is 4.80 Å². The van der Waals surface area contributed by atoms with E-state index in [4.69, 9.17) is 0 Å². The van der Waals surface area contributed by atoms with Crippen LogP contribution in [0.2, 0.25) is 0 Å². The van der Waals surface area contributed by atoms with Crippen molar-refractivity contribution >= 4 is 0 Å². The van der Waals surface area contributed by atoms with Gasteiger partial charge in [0, 0.05) is 51.2 Å². The second kappa shape index (κ2) is 6.15. The van der Waals surface area contributed by atoms with E-state index in [1.165, 1.54) is 32.7 Å². The normalized spacial score (nSPS) is 30.6. The summed E-state index contributed by atoms with van der Waals surface area (Å²) in [5.41, 5.74) is 0. The molecule has 0 aromatic carbocycles. The monoisotopic (exact) mass is 279 g/mol. The number of piperazine rings is 3. The van der Waals surface area contributed by atoms with E-state index in [2.05, 4.69) is 37.5 Å². The van der Waals surface area contributed by atoms with Crippen molar-refractivity contribution in [2.45, 2.75) is 31.8 Å². The van der Waals surface area contributed by atoms with E-state index in [9.17, 15) is 0 Å². The Bertz CT molecular complexity index is 424. The van der Waals surface area contributed by atoms with Crippen molar-refractivity contribution in [3.8, 4) is 0 Å². The number of nitrogens with one attached hydrogen (secondary N) is 1. The molecule has 20 heavy (non-hydrogen) atoms. The minimum atomic E-state index is 0.419. The molecule has 7 heteroatoms. The molecule has 1 aromatic heterocycles. The van der Waals surface area contributed by atoms with Crippen LogP contribution >= 0.6 is 0 Å². The lowest BCUT2D eigenvalue weighted by Crippen LogP contribution is -2.66. The first-order valence-electron chi connectivity index (χ1n) is 7.69. The molecule has 3 aliphatic heterocycles. The van der Waals surface area contributed by atoms with Crippen molar-refractivity contribution in [2.75, 3.05) is 39.3 Å². The number of aryl methyl sites for hydroxylation is 1. The highest BCUT2D eigenvalue weighted by Gasteiger charge is 2.36. The lowest BCUT2D eigenvalue weighted by atomic mass is 9.97. The van der Waals surface area contributed by atoms with Crippen LogP contribution < -0.4 is 5.32 Å².